The summed E-state index contributed by atoms with van der Waals surface area (Å²) in [7, 11) is 1.76. The summed E-state index contributed by atoms with van der Waals surface area (Å²) in [5.41, 5.74) is 2.97. The number of carbonyl (C=O) groups is 1. The van der Waals surface area contributed by atoms with Gasteiger partial charge in [-0.2, -0.15) is 0 Å². The molecule has 2 aliphatic heterocycles. The van der Waals surface area contributed by atoms with Gasteiger partial charge in [0.15, 0.2) is 0 Å². The molecule has 1 N–H and O–H groups in total. The molecule has 5 heteroatoms. The van der Waals surface area contributed by atoms with Gasteiger partial charge in [0.25, 0.3) is 0 Å². The molecule has 2 heterocycles. The summed E-state index contributed by atoms with van der Waals surface area (Å²) in [4.78, 5) is 14.4. The first-order valence-corrected chi connectivity index (χ1v) is 8.83. The Kier molecular flexibility index (Phi) is 5.11. The summed E-state index contributed by atoms with van der Waals surface area (Å²) >= 11 is 0. The second kappa shape index (κ2) is 7.11. The van der Waals surface area contributed by atoms with E-state index in [1.54, 1.807) is 7.11 Å². The van der Waals surface area contributed by atoms with E-state index >= 15 is 0 Å². The second-order valence-corrected chi connectivity index (χ2v) is 7.07. The third kappa shape index (κ3) is 3.57. The Hall–Kier alpha value is -1.59. The Morgan fingerprint density at radius 2 is 1.92 bits per heavy atom. The van der Waals surface area contributed by atoms with Gasteiger partial charge in [-0.25, -0.2) is 4.79 Å². The predicted octanol–water partition coefficient (Wildman–Crippen LogP) is 3.50. The Labute approximate surface area is 144 Å². The highest BCUT2D eigenvalue weighted by Crippen LogP contribution is 2.36. The van der Waals surface area contributed by atoms with Crippen LogP contribution >= 0.6 is 0 Å². The molecule has 1 aromatic carbocycles. The van der Waals surface area contributed by atoms with E-state index in [0.29, 0.717) is 13.1 Å². The zero-order valence-electron chi connectivity index (χ0n) is 14.9. The zero-order valence-corrected chi connectivity index (χ0v) is 14.9. The van der Waals surface area contributed by atoms with Crippen molar-refractivity contribution in [3.8, 4) is 0 Å². The van der Waals surface area contributed by atoms with E-state index in [0.717, 1.165) is 49.1 Å². The molecule has 2 amide bonds. The number of hydrogen-bond donors (Lipinski definition) is 1. The van der Waals surface area contributed by atoms with Crippen LogP contribution in [0.2, 0.25) is 0 Å². The van der Waals surface area contributed by atoms with Gasteiger partial charge < -0.3 is 19.7 Å². The highest BCUT2D eigenvalue weighted by atomic mass is 16.5. The van der Waals surface area contributed by atoms with E-state index in [4.69, 9.17) is 9.47 Å². The first-order chi connectivity index (χ1) is 11.5. The molecule has 0 saturated carbocycles. The topological polar surface area (TPSA) is 50.8 Å². The summed E-state index contributed by atoms with van der Waals surface area (Å²) in [6.45, 7) is 6.29. The predicted molar refractivity (Wildman–Crippen MR) is 94.5 cm³/mol. The number of likely N-dealkylation sites (tertiary alicyclic amines) is 1. The smallest absolute Gasteiger partial charge is 0.321 e. The average molecular weight is 332 g/mol. The molecule has 0 aliphatic carbocycles. The number of urea groups is 1. The maximum absolute atomic E-state index is 12.6. The lowest BCUT2D eigenvalue weighted by Crippen LogP contribution is -2.57. The van der Waals surface area contributed by atoms with Crippen LogP contribution in [0, 0.1) is 13.8 Å². The van der Waals surface area contributed by atoms with Crippen molar-refractivity contribution in [3.05, 3.63) is 29.3 Å². The Morgan fingerprint density at radius 1 is 1.25 bits per heavy atom. The fraction of sp³-hybridized carbons (Fsp3) is 0.632. The molecular formula is C19H28N2O3. The van der Waals surface area contributed by atoms with E-state index in [1.165, 1.54) is 0 Å². The minimum Gasteiger partial charge on any atom is -0.378 e. The molecule has 1 unspecified atom stereocenters. The van der Waals surface area contributed by atoms with E-state index in [1.807, 2.05) is 30.9 Å². The zero-order chi connectivity index (χ0) is 17.2. The van der Waals surface area contributed by atoms with Gasteiger partial charge in [-0.05, 0) is 62.8 Å². The van der Waals surface area contributed by atoms with E-state index in [9.17, 15) is 4.79 Å². The molecule has 2 aliphatic rings. The first kappa shape index (κ1) is 17.2. The van der Waals surface area contributed by atoms with Crippen molar-refractivity contribution in [2.24, 2.45) is 0 Å². The molecule has 3 rings (SSSR count). The van der Waals surface area contributed by atoms with Crippen LogP contribution < -0.4 is 5.32 Å². The average Bonchev–Trinajstić information content (AvgIpc) is 2.55. The van der Waals surface area contributed by atoms with E-state index in [-0.39, 0.29) is 17.7 Å². The number of carbonyl (C=O) groups excluding carboxylic acids is 1. The van der Waals surface area contributed by atoms with Gasteiger partial charge in [0.1, 0.15) is 0 Å². The normalized spacial score (nSPS) is 23.3. The molecule has 0 radical (unpaired) electrons. The van der Waals surface area contributed by atoms with Crippen LogP contribution in [0.1, 0.15) is 36.8 Å². The Morgan fingerprint density at radius 3 is 2.54 bits per heavy atom. The summed E-state index contributed by atoms with van der Waals surface area (Å²) < 4.78 is 11.8. The molecule has 0 aromatic heterocycles. The second-order valence-electron chi connectivity index (χ2n) is 7.07. The van der Waals surface area contributed by atoms with Crippen molar-refractivity contribution in [1.82, 2.24) is 4.90 Å². The van der Waals surface area contributed by atoms with Crippen molar-refractivity contribution < 1.29 is 14.3 Å². The number of anilines is 1. The van der Waals surface area contributed by atoms with E-state index in [2.05, 4.69) is 11.4 Å². The van der Waals surface area contributed by atoms with Crippen LogP contribution in [-0.4, -0.2) is 49.4 Å². The number of aryl methyl sites for hydroxylation is 2. The van der Waals surface area contributed by atoms with Crippen LogP contribution in [0.4, 0.5) is 10.5 Å². The lowest BCUT2D eigenvalue weighted by Gasteiger charge is -2.47. The number of methoxy groups -OCH3 is 1. The number of hydrogen-bond acceptors (Lipinski definition) is 3. The number of amides is 2. The van der Waals surface area contributed by atoms with Gasteiger partial charge in [0.2, 0.25) is 0 Å². The Balaban J connectivity index is 1.60. The monoisotopic (exact) mass is 332 g/mol. The highest BCUT2D eigenvalue weighted by molar-refractivity contribution is 5.89. The third-order valence-electron chi connectivity index (χ3n) is 5.24. The lowest BCUT2D eigenvalue weighted by atomic mass is 9.82. The van der Waals surface area contributed by atoms with Gasteiger partial charge >= 0.3 is 6.03 Å². The standard InChI is InChI=1S/C19H28N2O3/c1-14-11-15(2)13-16(12-14)20-18(22)21-8-6-19(7-9-21)17(23-3)5-4-10-24-19/h11-13,17H,4-10H2,1-3H3,(H,20,22). The number of piperidine rings is 1. The molecule has 5 nitrogen and oxygen atoms in total. The summed E-state index contributed by atoms with van der Waals surface area (Å²) in [5.74, 6) is 0. The van der Waals surface area contributed by atoms with Gasteiger partial charge in [-0.15, -0.1) is 0 Å². The van der Waals surface area contributed by atoms with Gasteiger partial charge in [-0.3, -0.25) is 0 Å². The fourth-order valence-electron chi connectivity index (χ4n) is 4.04. The van der Waals surface area contributed by atoms with Crippen LogP contribution in [0.5, 0.6) is 0 Å². The van der Waals surface area contributed by atoms with Crippen molar-refractivity contribution in [2.75, 3.05) is 32.1 Å². The molecule has 0 bridgehead atoms. The fourth-order valence-corrected chi connectivity index (χ4v) is 4.04. The molecular weight excluding hydrogens is 304 g/mol. The van der Waals surface area contributed by atoms with Gasteiger partial charge in [0.05, 0.1) is 11.7 Å². The van der Waals surface area contributed by atoms with Crippen LogP contribution in [0.25, 0.3) is 0 Å². The molecule has 2 fully saturated rings. The molecule has 1 atom stereocenters. The summed E-state index contributed by atoms with van der Waals surface area (Å²) in [6, 6.07) is 6.08. The molecule has 1 aromatic rings. The SMILES string of the molecule is COC1CCCOC12CCN(C(=O)Nc1cc(C)cc(C)c1)CC2. The van der Waals surface area contributed by atoms with E-state index < -0.39 is 0 Å². The van der Waals surface area contributed by atoms with Crippen molar-refractivity contribution in [1.29, 1.82) is 0 Å². The quantitative estimate of drug-likeness (QED) is 0.902. The highest BCUT2D eigenvalue weighted by Gasteiger charge is 2.45. The lowest BCUT2D eigenvalue weighted by molar-refractivity contribution is -0.183. The van der Waals surface area contributed by atoms with Crippen molar-refractivity contribution in [2.45, 2.75) is 51.2 Å². The number of nitrogens with zero attached hydrogens (tertiary/aromatic N) is 1. The minimum atomic E-state index is -0.205. The van der Waals surface area contributed by atoms with Crippen LogP contribution in [0.3, 0.4) is 0 Å². The van der Waals surface area contributed by atoms with Crippen molar-refractivity contribution in [3.63, 3.8) is 0 Å². The maximum atomic E-state index is 12.6. The van der Waals surface area contributed by atoms with Crippen molar-refractivity contribution >= 4 is 11.7 Å². The molecule has 132 valence electrons. The largest absolute Gasteiger partial charge is 0.378 e. The molecule has 1 spiro atoms. The minimum absolute atomic E-state index is 0.0281. The number of ether oxygens (including phenoxy) is 2. The summed E-state index contributed by atoms with van der Waals surface area (Å²) in [5, 5.41) is 3.02. The van der Waals surface area contributed by atoms with Gasteiger partial charge in [0, 0.05) is 32.5 Å². The molecule has 2 saturated heterocycles. The number of benzene rings is 1. The number of rotatable bonds is 2. The first-order valence-electron chi connectivity index (χ1n) is 8.83. The third-order valence-corrected chi connectivity index (χ3v) is 5.24. The van der Waals surface area contributed by atoms with Gasteiger partial charge in [-0.1, -0.05) is 6.07 Å². The maximum Gasteiger partial charge on any atom is 0.321 e. The van der Waals surface area contributed by atoms with Crippen LogP contribution in [0.15, 0.2) is 18.2 Å². The Bertz CT molecular complexity index is 574. The van der Waals surface area contributed by atoms with Crippen LogP contribution in [-0.2, 0) is 9.47 Å². The summed E-state index contributed by atoms with van der Waals surface area (Å²) in [6.07, 6.45) is 3.93. The molecule has 24 heavy (non-hydrogen) atoms. The number of nitrogens with one attached hydrogen (secondary N) is 1.